The molecule has 1 aromatic rings. The van der Waals surface area contributed by atoms with Crippen LogP contribution in [0.1, 0.15) is 24.6 Å². The van der Waals surface area contributed by atoms with E-state index in [9.17, 15) is 4.79 Å². The fourth-order valence-corrected chi connectivity index (χ4v) is 3.02. The van der Waals surface area contributed by atoms with Gasteiger partial charge in [0.2, 0.25) is 5.91 Å². The lowest BCUT2D eigenvalue weighted by molar-refractivity contribution is -0.125. The van der Waals surface area contributed by atoms with Gasteiger partial charge in [-0.1, -0.05) is 6.92 Å². The Morgan fingerprint density at radius 2 is 2.47 bits per heavy atom. The third-order valence-electron chi connectivity index (χ3n) is 2.86. The smallest absolute Gasteiger partial charge is 0.223 e. The van der Waals surface area contributed by atoms with E-state index in [0.717, 1.165) is 4.47 Å². The van der Waals surface area contributed by atoms with E-state index in [-0.39, 0.29) is 11.8 Å². The van der Waals surface area contributed by atoms with Gasteiger partial charge in [-0.2, -0.15) is 0 Å². The highest BCUT2D eigenvalue weighted by Crippen LogP contribution is 2.36. The molecular formula is C11H14BrNOS. The first-order chi connectivity index (χ1) is 7.18. The largest absolute Gasteiger partial charge is 0.351 e. The van der Waals surface area contributed by atoms with E-state index in [4.69, 9.17) is 0 Å². The summed E-state index contributed by atoms with van der Waals surface area (Å²) < 4.78 is 1.09. The highest BCUT2D eigenvalue weighted by Gasteiger charge is 2.32. The molecule has 0 aliphatic heterocycles. The Hall–Kier alpha value is -0.350. The summed E-state index contributed by atoms with van der Waals surface area (Å²) in [5.74, 6) is 1.01. The Kier molecular flexibility index (Phi) is 3.46. The van der Waals surface area contributed by atoms with Crippen molar-refractivity contribution in [1.82, 2.24) is 5.32 Å². The first-order valence-electron chi connectivity index (χ1n) is 5.18. The molecule has 2 rings (SSSR count). The maximum Gasteiger partial charge on any atom is 0.223 e. The van der Waals surface area contributed by atoms with E-state index in [1.54, 1.807) is 11.3 Å². The van der Waals surface area contributed by atoms with Crippen LogP contribution in [-0.2, 0) is 11.3 Å². The second-order valence-corrected chi connectivity index (χ2v) is 5.89. The lowest BCUT2D eigenvalue weighted by Gasteiger charge is -2.10. The number of carbonyl (C=O) groups is 1. The molecule has 0 radical (unpaired) electrons. The number of nitrogens with one attached hydrogen (secondary N) is 1. The summed E-state index contributed by atoms with van der Waals surface area (Å²) in [6, 6.07) is 2.01. The van der Waals surface area contributed by atoms with Crippen molar-refractivity contribution in [2.75, 3.05) is 0 Å². The highest BCUT2D eigenvalue weighted by atomic mass is 79.9. The van der Waals surface area contributed by atoms with Gasteiger partial charge in [-0.3, -0.25) is 4.79 Å². The third-order valence-corrected chi connectivity index (χ3v) is 4.78. The second kappa shape index (κ2) is 4.66. The second-order valence-electron chi connectivity index (χ2n) is 4.04. The number of halogens is 1. The summed E-state index contributed by atoms with van der Waals surface area (Å²) in [6.45, 7) is 2.67. The van der Waals surface area contributed by atoms with Gasteiger partial charge in [0.05, 0.1) is 6.54 Å². The number of amides is 1. The van der Waals surface area contributed by atoms with Gasteiger partial charge in [-0.05, 0) is 46.1 Å². The predicted molar refractivity (Wildman–Crippen MR) is 65.8 cm³/mol. The van der Waals surface area contributed by atoms with E-state index in [1.165, 1.54) is 17.7 Å². The van der Waals surface area contributed by atoms with Crippen molar-refractivity contribution in [2.24, 2.45) is 11.8 Å². The van der Waals surface area contributed by atoms with E-state index in [1.807, 2.05) is 18.4 Å². The molecular weight excluding hydrogens is 274 g/mol. The molecule has 1 N–H and O–H groups in total. The van der Waals surface area contributed by atoms with Crippen LogP contribution < -0.4 is 5.32 Å². The number of hydrogen-bond acceptors (Lipinski definition) is 2. The zero-order valence-electron chi connectivity index (χ0n) is 8.63. The minimum absolute atomic E-state index is 0.184. The third kappa shape index (κ3) is 2.82. The molecule has 1 aliphatic carbocycles. The lowest BCUT2D eigenvalue weighted by Crippen LogP contribution is -2.29. The number of hydrogen-bond donors (Lipinski definition) is 1. The van der Waals surface area contributed by atoms with Crippen LogP contribution in [0.25, 0.3) is 0 Å². The molecule has 1 aliphatic rings. The molecule has 1 aromatic heterocycles. The molecule has 82 valence electrons. The molecule has 1 heterocycles. The van der Waals surface area contributed by atoms with Crippen LogP contribution in [0.4, 0.5) is 0 Å². The van der Waals surface area contributed by atoms with Crippen molar-refractivity contribution in [2.45, 2.75) is 26.3 Å². The van der Waals surface area contributed by atoms with Gasteiger partial charge in [0.1, 0.15) is 0 Å². The summed E-state index contributed by atoms with van der Waals surface area (Å²) in [5, 5.41) is 5.01. The normalized spacial score (nSPS) is 17.5. The summed E-state index contributed by atoms with van der Waals surface area (Å²) in [7, 11) is 0. The highest BCUT2D eigenvalue weighted by molar-refractivity contribution is 9.10. The number of thiophene rings is 1. The van der Waals surface area contributed by atoms with E-state index in [2.05, 4.69) is 21.2 Å². The number of rotatable bonds is 4. The maximum absolute atomic E-state index is 11.7. The van der Waals surface area contributed by atoms with Crippen LogP contribution in [0, 0.1) is 11.8 Å². The molecule has 0 bridgehead atoms. The minimum atomic E-state index is 0.184. The molecule has 0 saturated heterocycles. The molecule has 1 amide bonds. The molecule has 0 aromatic carbocycles. The van der Waals surface area contributed by atoms with E-state index >= 15 is 0 Å². The van der Waals surface area contributed by atoms with Crippen LogP contribution in [0.5, 0.6) is 0 Å². The zero-order chi connectivity index (χ0) is 10.8. The van der Waals surface area contributed by atoms with Crippen LogP contribution in [0.3, 0.4) is 0 Å². The average molecular weight is 288 g/mol. The topological polar surface area (TPSA) is 29.1 Å². The van der Waals surface area contributed by atoms with Crippen LogP contribution in [-0.4, -0.2) is 5.91 Å². The van der Waals surface area contributed by atoms with Crippen molar-refractivity contribution in [3.05, 3.63) is 20.8 Å². The summed E-state index contributed by atoms with van der Waals surface area (Å²) in [4.78, 5) is 12.9. The first kappa shape index (κ1) is 11.1. The average Bonchev–Trinajstić information content (AvgIpc) is 2.99. The van der Waals surface area contributed by atoms with Crippen molar-refractivity contribution in [1.29, 1.82) is 0 Å². The number of carbonyl (C=O) groups excluding carboxylic acids is 1. The summed E-state index contributed by atoms with van der Waals surface area (Å²) in [5.41, 5.74) is 0. The fourth-order valence-electron chi connectivity index (χ4n) is 1.59. The minimum Gasteiger partial charge on any atom is -0.351 e. The Morgan fingerprint density at radius 3 is 3.00 bits per heavy atom. The van der Waals surface area contributed by atoms with Crippen molar-refractivity contribution >= 4 is 33.2 Å². The van der Waals surface area contributed by atoms with Crippen molar-refractivity contribution in [3.8, 4) is 0 Å². The molecule has 1 unspecified atom stereocenters. The SMILES string of the molecule is CC(C(=O)NCc1sccc1Br)C1CC1. The Labute approximate surface area is 102 Å². The molecule has 1 saturated carbocycles. The lowest BCUT2D eigenvalue weighted by atomic mass is 10.1. The summed E-state index contributed by atoms with van der Waals surface area (Å²) in [6.07, 6.45) is 2.44. The standard InChI is InChI=1S/C11H14BrNOS/c1-7(8-2-3-8)11(14)13-6-10-9(12)4-5-15-10/h4-5,7-8H,2-3,6H2,1H3,(H,13,14). The van der Waals surface area contributed by atoms with Gasteiger partial charge >= 0.3 is 0 Å². The van der Waals surface area contributed by atoms with E-state index < -0.39 is 0 Å². The Bertz CT molecular complexity index is 359. The van der Waals surface area contributed by atoms with Gasteiger partial charge in [-0.25, -0.2) is 0 Å². The quantitative estimate of drug-likeness (QED) is 0.906. The van der Waals surface area contributed by atoms with Gasteiger partial charge in [0, 0.05) is 15.3 Å². The maximum atomic E-state index is 11.7. The first-order valence-corrected chi connectivity index (χ1v) is 6.85. The van der Waals surface area contributed by atoms with Crippen LogP contribution >= 0.6 is 27.3 Å². The van der Waals surface area contributed by atoms with Gasteiger partial charge < -0.3 is 5.32 Å². The molecule has 4 heteroatoms. The molecule has 1 atom stereocenters. The van der Waals surface area contributed by atoms with Crippen LogP contribution in [0.2, 0.25) is 0 Å². The van der Waals surface area contributed by atoms with Gasteiger partial charge in [-0.15, -0.1) is 11.3 Å². The van der Waals surface area contributed by atoms with Crippen molar-refractivity contribution in [3.63, 3.8) is 0 Å². The van der Waals surface area contributed by atoms with E-state index in [0.29, 0.717) is 12.5 Å². The van der Waals surface area contributed by atoms with Gasteiger partial charge in [0.15, 0.2) is 0 Å². The van der Waals surface area contributed by atoms with Crippen LogP contribution in [0.15, 0.2) is 15.9 Å². The van der Waals surface area contributed by atoms with Crippen molar-refractivity contribution < 1.29 is 4.79 Å². The molecule has 0 spiro atoms. The monoisotopic (exact) mass is 287 g/mol. The Morgan fingerprint density at radius 1 is 1.73 bits per heavy atom. The fraction of sp³-hybridized carbons (Fsp3) is 0.545. The molecule has 1 fully saturated rings. The predicted octanol–water partition coefficient (Wildman–Crippen LogP) is 3.17. The molecule has 15 heavy (non-hydrogen) atoms. The zero-order valence-corrected chi connectivity index (χ0v) is 11.0. The molecule has 2 nitrogen and oxygen atoms in total. The summed E-state index contributed by atoms with van der Waals surface area (Å²) >= 11 is 5.12. The van der Waals surface area contributed by atoms with Gasteiger partial charge in [0.25, 0.3) is 0 Å². The Balaban J connectivity index is 1.82.